The number of hydrogen-bond acceptors (Lipinski definition) is 24. The van der Waals surface area contributed by atoms with E-state index in [9.17, 15) is 37.9 Å². The first-order valence-corrected chi connectivity index (χ1v) is 36.0. The number of nitrogens with zero attached hydrogens (tertiary/aromatic N) is 13. The van der Waals surface area contributed by atoms with E-state index >= 15 is 0 Å². The Hall–Kier alpha value is -8.46. The molecule has 3 aromatic heterocycles. The number of piperazine rings is 2. The number of benzene rings is 3. The van der Waals surface area contributed by atoms with Gasteiger partial charge in [0.1, 0.15) is 35.3 Å². The van der Waals surface area contributed by atoms with Gasteiger partial charge in [-0.25, -0.2) is 42.9 Å². The van der Waals surface area contributed by atoms with Crippen LogP contribution < -0.4 is 30.2 Å². The lowest BCUT2D eigenvalue weighted by atomic mass is 9.95. The molecular formula is C68H73Cl2F2N15O10S3. The number of urea groups is 2. The molecule has 6 atom stereocenters. The number of aromatic nitrogens is 3. The van der Waals surface area contributed by atoms with Crippen LogP contribution >= 0.6 is 57.2 Å². The molecule has 526 valence electrons. The summed E-state index contributed by atoms with van der Waals surface area (Å²) >= 11 is 17.3. The number of morpholine rings is 2. The van der Waals surface area contributed by atoms with E-state index in [1.165, 1.54) is 84.6 Å². The quantitative estimate of drug-likeness (QED) is 0.0505. The van der Waals surface area contributed by atoms with Crippen LogP contribution in [0, 0.1) is 11.6 Å². The first-order valence-electron chi connectivity index (χ1n) is 32.6. The molecule has 0 bridgehead atoms. The SMILES string of the molecule is C=C(O)CC[C@@H]1CN(c2csc(N3C[C@@H]4CN(CC5=C(C(=O)OC)[C@H](c6ccc(F)cc6Cl)N=C(c6nccs6)N5)CCN4C3=O)n2)CCO1.COC(=O)C1=C(CN2CCN3C(=O)N(c4ccc(N5CCOC(CC(C)=O)C5)cc4)C[C@@H]3C2)NC(c2nccs2)=N[C@H]1c1ccc(F)cc1Cl. The van der Waals surface area contributed by atoms with E-state index in [2.05, 4.69) is 46.8 Å². The van der Waals surface area contributed by atoms with Crippen LogP contribution in [0.3, 0.4) is 0 Å². The summed E-state index contributed by atoms with van der Waals surface area (Å²) in [6.07, 6.45) is 4.74. The molecule has 6 fully saturated rings. The monoisotopic (exact) mass is 1460 g/mol. The molecule has 32 heteroatoms. The van der Waals surface area contributed by atoms with Crippen molar-refractivity contribution in [3.05, 3.63) is 167 Å². The number of methoxy groups -OCH3 is 2. The first kappa shape index (κ1) is 70.0. The predicted molar refractivity (Wildman–Crippen MR) is 378 cm³/mol. The highest BCUT2D eigenvalue weighted by Gasteiger charge is 2.46. The van der Waals surface area contributed by atoms with Crippen molar-refractivity contribution >= 4 is 121 Å². The Morgan fingerprint density at radius 2 is 1.17 bits per heavy atom. The molecule has 8 aliphatic rings. The molecule has 6 aromatic rings. The fraction of sp³-hybridized carbons (Fsp3) is 0.412. The van der Waals surface area contributed by atoms with Crippen LogP contribution in [0.15, 0.2) is 134 Å². The fourth-order valence-electron chi connectivity index (χ4n) is 13.8. The van der Waals surface area contributed by atoms with Crippen molar-refractivity contribution in [3.63, 3.8) is 0 Å². The Balaban J connectivity index is 0.000000179. The molecule has 0 saturated carbocycles. The van der Waals surface area contributed by atoms with Crippen molar-refractivity contribution in [2.45, 2.75) is 62.6 Å². The summed E-state index contributed by atoms with van der Waals surface area (Å²) in [5.41, 5.74) is 4.50. The normalized spacial score (nSPS) is 22.8. The van der Waals surface area contributed by atoms with Gasteiger partial charge in [-0.1, -0.05) is 41.9 Å². The smallest absolute Gasteiger partial charge is 0.338 e. The third-order valence-electron chi connectivity index (χ3n) is 18.6. The number of fused-ring (bicyclic) bond motifs is 2. The molecule has 1 unspecified atom stereocenters. The highest BCUT2D eigenvalue weighted by atomic mass is 35.5. The number of aliphatic hydroxyl groups excluding tert-OH is 1. The number of halogens is 4. The molecule has 11 heterocycles. The molecule has 3 aromatic carbocycles. The van der Waals surface area contributed by atoms with Crippen LogP contribution in [-0.4, -0.2) is 224 Å². The van der Waals surface area contributed by atoms with E-state index in [-0.39, 0.29) is 69.1 Å². The summed E-state index contributed by atoms with van der Waals surface area (Å²) in [6, 6.07) is 14.1. The maximum atomic E-state index is 14.0. The molecular weight excluding hydrogens is 1390 g/mol. The minimum atomic E-state index is -0.856. The highest BCUT2D eigenvalue weighted by molar-refractivity contribution is 7.14. The van der Waals surface area contributed by atoms with Gasteiger partial charge in [-0.2, -0.15) is 0 Å². The molecule has 25 nitrogen and oxygen atoms in total. The second-order valence-corrected chi connectivity index (χ2v) is 28.6. The highest BCUT2D eigenvalue weighted by Crippen LogP contribution is 2.41. The van der Waals surface area contributed by atoms with Crippen LogP contribution in [0.2, 0.25) is 10.0 Å². The van der Waals surface area contributed by atoms with Crippen LogP contribution in [-0.2, 0) is 33.3 Å². The minimum Gasteiger partial charge on any atom is -0.513 e. The molecule has 4 amide bonds. The number of Topliss-reactive ketones (excluding diaryl/α,β-unsaturated/α-hetero) is 1. The zero-order valence-corrected chi connectivity index (χ0v) is 58.9. The van der Waals surface area contributed by atoms with Crippen molar-refractivity contribution in [3.8, 4) is 0 Å². The van der Waals surface area contributed by atoms with E-state index in [4.69, 9.17) is 57.1 Å². The zero-order chi connectivity index (χ0) is 69.9. The summed E-state index contributed by atoms with van der Waals surface area (Å²) in [4.78, 5) is 105. The van der Waals surface area contributed by atoms with Gasteiger partial charge in [0.2, 0.25) is 0 Å². The standard InChI is InChI=1S/C35H37ClFN7O5S.C33H36ClFN8O5S2/c1-21(45)15-26-19-42(12-13-49-26)23-4-6-24(7-5-23)44-18-25-17-41(10-11-43(25)35(44)47)20-29-30(34(46)48-2)31(27-8-3-22(37)16-28(27)36)40-32(39-29)33-38-9-14-50-33;1-19(44)3-5-22-16-41(10-11-48-22)26-18-50-32(38-26)43-15-21-14-40(8-9-42(21)33(43)46)17-25-27(31(45)47-2)28(23-6-4-20(35)13-24(23)34)39-29(37-25)30-36-7-12-49-30/h3-9,14,16,25-26,31H,10-13,15,17-20H2,1-2H3,(H,39,40);4,6-7,12-13,18,21-22,28,44H,1,3,5,8-11,14-17H2,2H3,(H,37,39)/t25-,26?,31-;21-,22+,28-/m00/s1. The summed E-state index contributed by atoms with van der Waals surface area (Å²) in [5.74, 6) is -0.134. The van der Waals surface area contributed by atoms with Gasteiger partial charge in [0.15, 0.2) is 26.8 Å². The minimum absolute atomic E-state index is 0.0356. The van der Waals surface area contributed by atoms with Crippen molar-refractivity contribution in [2.75, 3.05) is 139 Å². The van der Waals surface area contributed by atoms with Crippen molar-refractivity contribution in [2.24, 2.45) is 9.98 Å². The van der Waals surface area contributed by atoms with E-state index in [0.29, 0.717) is 167 Å². The number of carbonyl (C=O) groups excluding carboxylic acids is 5. The van der Waals surface area contributed by atoms with E-state index in [1.54, 1.807) is 24.2 Å². The van der Waals surface area contributed by atoms with E-state index in [0.717, 1.165) is 23.7 Å². The lowest BCUT2D eigenvalue weighted by Crippen LogP contribution is -2.53. The predicted octanol–water partition coefficient (Wildman–Crippen LogP) is 8.86. The third-order valence-corrected chi connectivity index (χ3v) is 21.7. The average Bonchev–Trinajstić information content (AvgIpc) is 1.38. The second kappa shape index (κ2) is 30.8. The average molecular weight is 1470 g/mol. The Labute approximate surface area is 597 Å². The van der Waals surface area contributed by atoms with Crippen molar-refractivity contribution < 1.29 is 56.8 Å². The molecule has 14 rings (SSSR count). The van der Waals surface area contributed by atoms with Crippen molar-refractivity contribution in [1.82, 2.24) is 45.2 Å². The van der Waals surface area contributed by atoms with Gasteiger partial charge in [-0.15, -0.1) is 34.0 Å². The number of ketones is 1. The number of esters is 2. The molecule has 3 N–H and O–H groups in total. The van der Waals surface area contributed by atoms with Crippen LogP contribution in [0.1, 0.15) is 59.4 Å². The number of carbonyl (C=O) groups is 5. The zero-order valence-electron chi connectivity index (χ0n) is 54.9. The van der Waals surface area contributed by atoms with E-state index in [1.807, 2.05) is 55.1 Å². The number of aliphatic hydroxyl groups is 1. The van der Waals surface area contributed by atoms with Crippen molar-refractivity contribution in [1.29, 1.82) is 0 Å². The Morgan fingerprint density at radius 1 is 0.660 bits per heavy atom. The number of anilines is 4. The topological polar surface area (TPSA) is 256 Å². The number of amides is 4. The summed E-state index contributed by atoms with van der Waals surface area (Å²) < 4.78 is 50.2. The maximum Gasteiger partial charge on any atom is 0.338 e. The molecule has 0 radical (unpaired) electrons. The number of thiazole rings is 3. The summed E-state index contributed by atoms with van der Waals surface area (Å²) in [5, 5.41) is 24.0. The molecule has 0 aliphatic carbocycles. The molecule has 8 aliphatic heterocycles. The lowest BCUT2D eigenvalue weighted by Gasteiger charge is -2.38. The summed E-state index contributed by atoms with van der Waals surface area (Å²) in [7, 11) is 2.62. The van der Waals surface area contributed by atoms with Gasteiger partial charge in [-0.05, 0) is 61.9 Å². The largest absolute Gasteiger partial charge is 0.513 e. The van der Waals surface area contributed by atoms with Crippen LogP contribution in [0.4, 0.5) is 40.7 Å². The molecule has 100 heavy (non-hydrogen) atoms. The number of allylic oxidation sites excluding steroid dienone is 1. The molecule has 6 saturated heterocycles. The number of rotatable bonds is 19. The lowest BCUT2D eigenvalue weighted by molar-refractivity contribution is -0.137. The van der Waals surface area contributed by atoms with Gasteiger partial charge >= 0.3 is 24.0 Å². The Morgan fingerprint density at radius 3 is 1.68 bits per heavy atom. The van der Waals surface area contributed by atoms with Crippen LogP contribution in [0.25, 0.3) is 0 Å². The first-order chi connectivity index (χ1) is 48.4. The third kappa shape index (κ3) is 15.4. The maximum absolute atomic E-state index is 14.0. The van der Waals surface area contributed by atoms with Gasteiger partial charge in [0.05, 0.1) is 75.2 Å². The van der Waals surface area contributed by atoms with Gasteiger partial charge in [0, 0.05) is 170 Å². The number of hydrogen-bond donors (Lipinski definition) is 3. The molecule has 0 spiro atoms. The Bertz CT molecular complexity index is 4200. The number of amidine groups is 2. The van der Waals surface area contributed by atoms with E-state index < -0.39 is 35.7 Å². The Kier molecular flexibility index (Phi) is 21.6. The number of aliphatic imine (C=N–C) groups is 2. The van der Waals surface area contributed by atoms with Gasteiger partial charge in [-0.3, -0.25) is 34.4 Å². The second-order valence-electron chi connectivity index (χ2n) is 25.1. The number of ether oxygens (including phenoxy) is 4. The van der Waals surface area contributed by atoms with Crippen LogP contribution in [0.5, 0.6) is 0 Å². The fourth-order valence-corrected chi connectivity index (χ4v) is 16.3. The van der Waals surface area contributed by atoms with Gasteiger partial charge < -0.3 is 54.3 Å². The van der Waals surface area contributed by atoms with Gasteiger partial charge in [0.25, 0.3) is 0 Å². The summed E-state index contributed by atoms with van der Waals surface area (Å²) in [6.45, 7) is 14.0. The number of nitrogens with one attached hydrogen (secondary N) is 2.